The number of benzene rings is 4. The summed E-state index contributed by atoms with van der Waals surface area (Å²) in [4.78, 5) is 67.9. The van der Waals surface area contributed by atoms with Gasteiger partial charge in [-0.15, -0.1) is 47.3 Å². The highest BCUT2D eigenvalue weighted by Crippen LogP contribution is 2.31. The number of carbonyl (C=O) groups excluding carboxylic acids is 3. The number of anilines is 3. The van der Waals surface area contributed by atoms with E-state index in [-0.39, 0.29) is 49.9 Å². The molecule has 3 saturated heterocycles. The first-order valence-corrected chi connectivity index (χ1v) is 35.1. The SMILES string of the molecule is C.CCN(C(C)C)C(C)C.NC1(C(=O)Nc2ccc3[nH]nc(-c4ccc(F)cc4)c3c2)CCN(CC(=O)N2CCN(c3ccc(-c4ncccn4)cc3)CC2)C1.O=C(CCl)N1CCN(c2ccc(-c3ncccn3)cc2)CC1.PP.PPP. The Morgan fingerprint density at radius 3 is 1.60 bits per heavy atom. The lowest BCUT2D eigenvalue weighted by Crippen LogP contribution is -2.54. The molecule has 5 unspecified atom stereocenters. The third-order valence-corrected chi connectivity index (χ3v) is 14.5. The van der Waals surface area contributed by atoms with Gasteiger partial charge in [0.2, 0.25) is 17.7 Å². The molecule has 83 heavy (non-hydrogen) atoms. The Balaban J connectivity index is 0.000000282. The number of nitrogens with two attached hydrogens (primary N) is 1. The van der Waals surface area contributed by atoms with Crippen molar-refractivity contribution in [1.82, 2.24) is 49.7 Å². The molecule has 3 amide bonds. The van der Waals surface area contributed by atoms with E-state index in [0.29, 0.717) is 55.3 Å². The van der Waals surface area contributed by atoms with Gasteiger partial charge < -0.3 is 30.7 Å². The molecule has 3 aromatic heterocycles. The van der Waals surface area contributed by atoms with Crippen LogP contribution < -0.4 is 20.9 Å². The van der Waals surface area contributed by atoms with Gasteiger partial charge in [-0.3, -0.25) is 29.3 Å². The van der Waals surface area contributed by atoms with E-state index in [1.165, 1.54) is 12.1 Å². The summed E-state index contributed by atoms with van der Waals surface area (Å²) in [5.74, 6) is 0.915. The number of nitrogens with one attached hydrogen (secondary N) is 2. The van der Waals surface area contributed by atoms with Gasteiger partial charge in [0.25, 0.3) is 0 Å². The Morgan fingerprint density at radius 1 is 0.711 bits per heavy atom. The van der Waals surface area contributed by atoms with Gasteiger partial charge in [-0.25, -0.2) is 24.3 Å². The summed E-state index contributed by atoms with van der Waals surface area (Å²) >= 11 is 5.60. The highest BCUT2D eigenvalue weighted by molar-refractivity contribution is 8.33. The minimum absolute atomic E-state index is 0. The maximum atomic E-state index is 13.4. The standard InChI is InChI=1S/C34H34FN9O2.C16H17ClN4O.C8H19N.CH4.H5P3.H4P2/c35-25-6-2-23(3-7-25)31-28-20-26(8-11-29(28)40-41-31)39-33(46)34(36)12-15-42(22-34)21-30(45)44-18-16-43(17-19-44)27-9-4-24(5-10-27)32-37-13-1-14-38-32;17-12-15(22)21-10-8-20(9-11-21)14-4-2-13(3-5-14)16-18-6-1-7-19-16;1-6-9(7(2)3)8(4)5;;1-3-2;1-2/h1-11,13-14,20H,12,15-19,21-22,36H2,(H,39,46)(H,40,41);1-7H,8-12H2;7-8H,6H2,1-5H3;1H4;3H,1-2H2;1-2H2. The van der Waals surface area contributed by atoms with E-state index in [1.807, 2.05) is 51.1 Å². The van der Waals surface area contributed by atoms with E-state index < -0.39 is 5.54 Å². The number of hydrogen-bond acceptors (Lipinski definition) is 13. The molecule has 3 fully saturated rings. The number of halogens is 2. The lowest BCUT2D eigenvalue weighted by Gasteiger charge is -2.37. The van der Waals surface area contributed by atoms with E-state index in [0.717, 1.165) is 98.6 Å². The molecule has 10 rings (SSSR count). The Bertz CT molecular complexity index is 3040. The van der Waals surface area contributed by atoms with Crippen LogP contribution in [-0.2, 0) is 14.4 Å². The van der Waals surface area contributed by atoms with Crippen molar-refractivity contribution < 1.29 is 18.8 Å². The third kappa shape index (κ3) is 19.7. The maximum absolute atomic E-state index is 13.4. The number of rotatable bonds is 13. The lowest BCUT2D eigenvalue weighted by atomic mass is 9.99. The largest absolute Gasteiger partial charge is 0.368 e. The van der Waals surface area contributed by atoms with Crippen molar-refractivity contribution in [1.29, 1.82) is 0 Å². The van der Waals surface area contributed by atoms with E-state index >= 15 is 0 Å². The summed E-state index contributed by atoms with van der Waals surface area (Å²) in [7, 11) is 10.7. The second kappa shape index (κ2) is 34.7. The van der Waals surface area contributed by atoms with Gasteiger partial charge in [-0.2, -0.15) is 5.10 Å². The number of fused-ring (bicyclic) bond motifs is 1. The average molecular weight is 1250 g/mol. The highest BCUT2D eigenvalue weighted by atomic mass is 35.5. The number of amides is 3. The number of piperazine rings is 2. The number of carbonyl (C=O) groups is 3. The monoisotopic (exact) mass is 1240 g/mol. The van der Waals surface area contributed by atoms with Crippen molar-refractivity contribution >= 4 is 101 Å². The van der Waals surface area contributed by atoms with Crippen LogP contribution in [0.4, 0.5) is 21.5 Å². The van der Waals surface area contributed by atoms with Crippen LogP contribution >= 0.6 is 55.3 Å². The van der Waals surface area contributed by atoms with Crippen LogP contribution in [0.3, 0.4) is 0 Å². The second-order valence-electron chi connectivity index (χ2n) is 20.2. The Labute approximate surface area is 505 Å². The zero-order valence-electron chi connectivity index (χ0n) is 47.5. The molecule has 446 valence electrons. The van der Waals surface area contributed by atoms with Gasteiger partial charge in [0.05, 0.1) is 17.8 Å². The zero-order chi connectivity index (χ0) is 59.2. The van der Waals surface area contributed by atoms with Crippen molar-refractivity contribution in [3.8, 4) is 34.0 Å². The van der Waals surface area contributed by atoms with Crippen molar-refractivity contribution in [2.45, 2.75) is 66.1 Å². The van der Waals surface area contributed by atoms with Crippen LogP contribution in [0.5, 0.6) is 0 Å². The number of nitrogens with zero attached hydrogens (tertiary/aromatic N) is 11. The summed E-state index contributed by atoms with van der Waals surface area (Å²) in [6, 6.07) is 32.9. The molecule has 17 nitrogen and oxygen atoms in total. The van der Waals surface area contributed by atoms with E-state index in [2.05, 4.69) is 145 Å². The van der Waals surface area contributed by atoms with Crippen molar-refractivity contribution in [3.63, 3.8) is 0 Å². The van der Waals surface area contributed by atoms with Crippen molar-refractivity contribution in [2.24, 2.45) is 5.73 Å². The van der Waals surface area contributed by atoms with Crippen molar-refractivity contribution in [3.05, 3.63) is 134 Å². The Morgan fingerprint density at radius 2 is 1.17 bits per heavy atom. The van der Waals surface area contributed by atoms with Gasteiger partial charge in [0.15, 0.2) is 11.6 Å². The molecular formula is C59H83ClFN14O3P5. The van der Waals surface area contributed by atoms with Gasteiger partial charge in [0.1, 0.15) is 17.2 Å². The van der Waals surface area contributed by atoms with Gasteiger partial charge in [-0.1, -0.05) is 22.3 Å². The Kier molecular flexibility index (Phi) is 28.6. The summed E-state index contributed by atoms with van der Waals surface area (Å²) < 4.78 is 13.4. The lowest BCUT2D eigenvalue weighted by molar-refractivity contribution is -0.133. The molecule has 0 bridgehead atoms. The van der Waals surface area contributed by atoms with Crippen LogP contribution in [0.1, 0.15) is 48.5 Å². The molecule has 4 N–H and O–H groups in total. The molecule has 0 spiro atoms. The number of likely N-dealkylation sites (tertiary alicyclic amines) is 1. The summed E-state index contributed by atoms with van der Waals surface area (Å²) in [5.41, 5.74) is 12.5. The van der Waals surface area contributed by atoms with Crippen molar-refractivity contribution in [2.75, 3.05) is 99.5 Å². The van der Waals surface area contributed by atoms with E-state index in [4.69, 9.17) is 17.3 Å². The molecule has 3 aliphatic rings. The molecule has 4 aromatic carbocycles. The average Bonchev–Trinajstić information content (AvgIpc) is 4.21. The fourth-order valence-corrected chi connectivity index (χ4v) is 10.2. The van der Waals surface area contributed by atoms with Crippen LogP contribution in [0.2, 0.25) is 0 Å². The number of hydrogen-bond donors (Lipinski definition) is 3. The third-order valence-electron chi connectivity index (χ3n) is 14.3. The van der Waals surface area contributed by atoms with E-state index in [9.17, 15) is 18.8 Å². The molecule has 7 aromatic rings. The number of aromatic amines is 1. The van der Waals surface area contributed by atoms with Gasteiger partial charge >= 0.3 is 0 Å². The van der Waals surface area contributed by atoms with Crippen LogP contribution in [0, 0.1) is 5.82 Å². The molecule has 24 heteroatoms. The predicted octanol–water partition coefficient (Wildman–Crippen LogP) is 10.2. The quantitative estimate of drug-likeness (QED) is 0.0732. The summed E-state index contributed by atoms with van der Waals surface area (Å²) in [6.45, 7) is 19.2. The summed E-state index contributed by atoms with van der Waals surface area (Å²) in [5, 5.41) is 11.1. The highest BCUT2D eigenvalue weighted by Gasteiger charge is 2.42. The number of H-pyrrole nitrogens is 1. The molecule has 5 atom stereocenters. The fraction of sp³-hybridized carbons (Fsp3) is 0.390. The molecular weight excluding hydrogens is 1160 g/mol. The van der Waals surface area contributed by atoms with Crippen LogP contribution in [-0.4, -0.2) is 169 Å². The molecule has 0 saturated carbocycles. The maximum Gasteiger partial charge on any atom is 0.245 e. The fourth-order valence-electron chi connectivity index (χ4n) is 10.1. The molecule has 3 aliphatic heterocycles. The van der Waals surface area contributed by atoms with Gasteiger partial charge in [0, 0.05) is 141 Å². The molecule has 6 heterocycles. The Hall–Kier alpha value is -5.23. The molecule has 0 radical (unpaired) electrons. The van der Waals surface area contributed by atoms with E-state index in [1.54, 1.807) is 55.1 Å². The summed E-state index contributed by atoms with van der Waals surface area (Å²) in [6.07, 6.45) is 7.38. The predicted molar refractivity (Wildman–Crippen MR) is 358 cm³/mol. The number of alkyl halides is 1. The van der Waals surface area contributed by atoms with Crippen LogP contribution in [0.15, 0.2) is 128 Å². The first-order chi connectivity index (χ1) is 39.6. The van der Waals surface area contributed by atoms with Crippen LogP contribution in [0.25, 0.3) is 44.9 Å². The minimum Gasteiger partial charge on any atom is -0.368 e. The normalized spacial score (nSPS) is 15.9. The first-order valence-electron chi connectivity index (χ1n) is 27.3. The zero-order valence-corrected chi connectivity index (χ0v) is 53.8. The smallest absolute Gasteiger partial charge is 0.245 e. The van der Waals surface area contributed by atoms with Gasteiger partial charge in [-0.05, 0) is 144 Å². The minimum atomic E-state index is -1.12. The first kappa shape index (κ1) is 68.5. The second-order valence-corrected chi connectivity index (χ2v) is 24.8. The number of aromatic nitrogens is 6. The topological polar surface area (TPSA) is 189 Å². The molecule has 0 aliphatic carbocycles.